The minimum absolute atomic E-state index is 0.0229. The van der Waals surface area contributed by atoms with Crippen LogP contribution in [0.1, 0.15) is 127 Å². The number of carboxylic acid groups (broad SMARTS) is 1. The monoisotopic (exact) mass is 1300 g/mol. The average Bonchev–Trinajstić information content (AvgIpc) is 1.58. The molecule has 93 heavy (non-hydrogen) atoms. The van der Waals surface area contributed by atoms with Gasteiger partial charge in [0.25, 0.3) is 23.6 Å². The molecule has 0 saturated carbocycles. The van der Waals surface area contributed by atoms with Crippen LogP contribution in [-0.2, 0) is 49.7 Å². The first-order chi connectivity index (χ1) is 44.1. The first kappa shape index (κ1) is 70.0. The molecule has 2 saturated heterocycles. The molecule has 2 heterocycles. The molecule has 2 aliphatic rings. The van der Waals surface area contributed by atoms with E-state index in [2.05, 4.69) is 21.3 Å². The molecule has 2 fully saturated rings. The van der Waals surface area contributed by atoms with E-state index in [9.17, 15) is 67.4 Å². The molecule has 0 aliphatic carbocycles. The molecule has 28 heteroatoms. The van der Waals surface area contributed by atoms with Crippen molar-refractivity contribution in [1.29, 1.82) is 0 Å². The Morgan fingerprint density at radius 2 is 1.03 bits per heavy atom. The van der Waals surface area contributed by atoms with E-state index in [4.69, 9.17) is 28.4 Å². The number of carboxylic acids is 1. The van der Waals surface area contributed by atoms with Crippen molar-refractivity contribution in [3.8, 4) is 34.5 Å². The number of para-hydroxylation sites is 3. The Bertz CT molecular complexity index is 3730. The summed E-state index contributed by atoms with van der Waals surface area (Å²) in [7, 11) is 0. The highest BCUT2D eigenvalue weighted by molar-refractivity contribution is 8.01. The fourth-order valence-electron chi connectivity index (χ4n) is 10.2. The van der Waals surface area contributed by atoms with E-state index in [1.54, 1.807) is 56.3 Å². The van der Waals surface area contributed by atoms with Gasteiger partial charge in [-0.05, 0) is 92.9 Å². The van der Waals surface area contributed by atoms with Crippen LogP contribution in [0.3, 0.4) is 0 Å². The zero-order valence-electron chi connectivity index (χ0n) is 52.0. The Labute approximate surface area is 538 Å². The Morgan fingerprint density at radius 1 is 0.548 bits per heavy atom. The lowest BCUT2D eigenvalue weighted by atomic mass is 9.95. The topological polar surface area (TPSA) is 355 Å². The second-order valence-corrected chi connectivity index (χ2v) is 23.6. The van der Waals surface area contributed by atoms with E-state index in [0.717, 1.165) is 41.5 Å². The Kier molecular flexibility index (Phi) is 23.7. The Hall–Kier alpha value is -10.5. The largest absolute Gasteiger partial charge is 0.480 e. The molecule has 0 bridgehead atoms. The molecule has 490 valence electrons. The molecule has 6 amide bonds. The number of nitrogens with one attached hydrogen (secondary N) is 4. The fourth-order valence-corrected chi connectivity index (χ4v) is 11.9. The number of benzene rings is 5. The summed E-state index contributed by atoms with van der Waals surface area (Å²) in [6, 6.07) is 23.2. The summed E-state index contributed by atoms with van der Waals surface area (Å²) >= 11 is 1.25. The lowest BCUT2D eigenvalue weighted by molar-refractivity contribution is -0.161. The molecule has 7 rings (SSSR count). The van der Waals surface area contributed by atoms with Crippen LogP contribution in [0.2, 0.25) is 0 Å². The predicted octanol–water partition coefficient (Wildman–Crippen LogP) is 4.93. The number of hydrogen-bond donors (Lipinski definition) is 5. The summed E-state index contributed by atoms with van der Waals surface area (Å²) in [5.74, 6) is -11.4. The summed E-state index contributed by atoms with van der Waals surface area (Å²) in [4.78, 5) is 174. The number of ether oxygens (including phenoxy) is 6. The molecular weight excluding hydrogens is 1230 g/mol. The second kappa shape index (κ2) is 31.5. The number of fused-ring (bicyclic) bond motifs is 1. The van der Waals surface area contributed by atoms with Crippen molar-refractivity contribution in [3.05, 3.63) is 143 Å². The summed E-state index contributed by atoms with van der Waals surface area (Å²) in [5, 5.41) is 20.7. The van der Waals surface area contributed by atoms with Crippen LogP contribution in [0.25, 0.3) is 0 Å². The normalized spacial score (nSPS) is 15.3. The highest BCUT2D eigenvalue weighted by Crippen LogP contribution is 2.51. The van der Waals surface area contributed by atoms with Crippen LogP contribution in [0.5, 0.6) is 34.5 Å². The van der Waals surface area contributed by atoms with E-state index >= 15 is 0 Å². The van der Waals surface area contributed by atoms with Crippen molar-refractivity contribution in [2.45, 2.75) is 103 Å². The van der Waals surface area contributed by atoms with Gasteiger partial charge in [-0.1, -0.05) is 60.7 Å². The number of thioether (sulfide) groups is 1. The van der Waals surface area contributed by atoms with E-state index in [0.29, 0.717) is 17.5 Å². The number of esters is 6. The third kappa shape index (κ3) is 18.2. The number of hydrogen-bond acceptors (Lipinski definition) is 21. The van der Waals surface area contributed by atoms with Crippen LogP contribution < -0.4 is 49.7 Å². The zero-order chi connectivity index (χ0) is 67.8. The molecule has 5 aromatic carbocycles. The number of nitrogens with zero attached hydrogens (tertiary/aromatic N) is 3. The van der Waals surface area contributed by atoms with Crippen molar-refractivity contribution in [1.82, 2.24) is 36.0 Å². The van der Waals surface area contributed by atoms with Gasteiger partial charge in [-0.2, -0.15) is 0 Å². The van der Waals surface area contributed by atoms with Gasteiger partial charge >= 0.3 is 41.8 Å². The third-order valence-electron chi connectivity index (χ3n) is 14.2. The molecule has 27 nitrogen and oxygen atoms in total. The molecule has 0 radical (unpaired) electrons. The molecule has 0 aromatic heterocycles. The minimum Gasteiger partial charge on any atom is -0.480 e. The number of amides is 6. The maximum absolute atomic E-state index is 15.0. The Balaban J connectivity index is 1.11. The van der Waals surface area contributed by atoms with E-state index in [1.807, 2.05) is 0 Å². The van der Waals surface area contributed by atoms with Gasteiger partial charge in [-0.15, -0.1) is 11.8 Å². The number of β-lactam (4-membered cyclic amide) rings is 1. The number of carbonyl (C=O) groups is 13. The van der Waals surface area contributed by atoms with Gasteiger partial charge in [0.2, 0.25) is 11.8 Å². The molecule has 5 N–H and O–H groups in total. The number of aliphatic carboxylic acids is 1. The van der Waals surface area contributed by atoms with Crippen molar-refractivity contribution in [3.63, 3.8) is 0 Å². The van der Waals surface area contributed by atoms with Crippen LogP contribution in [-0.4, -0.2) is 159 Å². The highest BCUT2D eigenvalue weighted by Gasteiger charge is 2.64. The number of carbonyl (C=O) groups excluding carboxylic acids is 12. The van der Waals surface area contributed by atoms with Crippen molar-refractivity contribution in [2.75, 3.05) is 39.3 Å². The van der Waals surface area contributed by atoms with Gasteiger partial charge in [-0.25, -0.2) is 4.79 Å². The van der Waals surface area contributed by atoms with Gasteiger partial charge < -0.3 is 69.5 Å². The molecule has 2 aliphatic heterocycles. The van der Waals surface area contributed by atoms with Crippen molar-refractivity contribution in [2.24, 2.45) is 0 Å². The minimum atomic E-state index is -1.32. The quantitative estimate of drug-likeness (QED) is 0.0192. The summed E-state index contributed by atoms with van der Waals surface area (Å²) in [6.07, 6.45) is 0.372. The predicted molar refractivity (Wildman–Crippen MR) is 331 cm³/mol. The van der Waals surface area contributed by atoms with E-state index in [1.165, 1.54) is 93.2 Å². The smallest absolute Gasteiger partial charge is 0.327 e. The van der Waals surface area contributed by atoms with Crippen LogP contribution in [0.4, 0.5) is 0 Å². The van der Waals surface area contributed by atoms with Crippen LogP contribution in [0.15, 0.2) is 109 Å². The molecule has 0 spiro atoms. The second-order valence-electron chi connectivity index (χ2n) is 21.8. The van der Waals surface area contributed by atoms with Crippen LogP contribution >= 0.6 is 11.8 Å². The van der Waals surface area contributed by atoms with Gasteiger partial charge in [0.1, 0.15) is 23.5 Å². The molecule has 1 unspecified atom stereocenters. The lowest BCUT2D eigenvalue weighted by Crippen LogP contribution is -2.71. The summed E-state index contributed by atoms with van der Waals surface area (Å²) in [5.41, 5.74) is 0.491. The molecular formula is C65H69N7O20S. The van der Waals surface area contributed by atoms with Gasteiger partial charge in [0.15, 0.2) is 34.5 Å². The Morgan fingerprint density at radius 3 is 1.54 bits per heavy atom. The molecule has 5 aromatic rings. The highest BCUT2D eigenvalue weighted by atomic mass is 32.2. The van der Waals surface area contributed by atoms with Crippen LogP contribution in [0, 0.1) is 0 Å². The SMILES string of the molecule is CC(=O)Oc1cccc(C(=O)NCCCNCCN(CCCN(Cc2ccc(C(=O)NC(C(=O)N[C@@H]3C(=O)N4[C@@H]3SC(C)(C)[C@@H]4C(=O)O)c3ccccc3)cc2)C(=O)c2cccc(OC(C)=O)c2OC(C)=O)C(=O)c2cccc(OC(C)=O)c2OC(C)=O)c1OC(C)=O. The zero-order valence-corrected chi connectivity index (χ0v) is 52.8. The van der Waals surface area contributed by atoms with E-state index < -0.39 is 105 Å². The van der Waals surface area contributed by atoms with E-state index in [-0.39, 0.29) is 109 Å². The van der Waals surface area contributed by atoms with Gasteiger partial charge in [-0.3, -0.25) is 57.5 Å². The maximum atomic E-state index is 15.0. The van der Waals surface area contributed by atoms with Crippen molar-refractivity contribution < 1.29 is 95.9 Å². The standard InChI is InChI=1S/C65H69N7O20S/c1-36(73)87-48-22-12-19-45(53(48)90-39(4)76)58(80)67-30-15-29-66-31-34-70(60(82)46-20-13-23-49(88-37(2)74)54(46)91-40(5)77)32-16-33-71(61(83)47-21-14-24-50(89-38(3)75)55(47)92-41(6)78)35-42-25-27-44(28-26-42)57(79)68-51(43-17-10-9-11-18-43)59(81)69-52-62(84)72-56(64(85)86)65(7,8)93-63(52)72/h9-14,17-28,51-52,56,63,66H,15-16,29-35H2,1-8H3,(H,67,80)(H,68,79)(H,69,81)(H,85,86)/t51?,52-,56+,63-/m1/s1. The van der Waals surface area contributed by atoms with Gasteiger partial charge in [0.05, 0.1) is 16.7 Å². The first-order valence-electron chi connectivity index (χ1n) is 29.2. The first-order valence-corrected chi connectivity index (χ1v) is 30.1. The average molecular weight is 1300 g/mol. The lowest BCUT2D eigenvalue weighted by Gasteiger charge is -2.44. The van der Waals surface area contributed by atoms with Gasteiger partial charge in [0, 0.05) is 91.1 Å². The maximum Gasteiger partial charge on any atom is 0.327 e. The third-order valence-corrected chi connectivity index (χ3v) is 15.7. The van der Waals surface area contributed by atoms with Crippen molar-refractivity contribution >= 4 is 89.0 Å². The molecule has 4 atom stereocenters. The number of rotatable bonds is 28. The summed E-state index contributed by atoms with van der Waals surface area (Å²) < 4.78 is 31.1. The summed E-state index contributed by atoms with van der Waals surface area (Å²) in [6.45, 7) is 10.2. The fraction of sp³-hybridized carbons (Fsp3) is 0.338.